The first-order chi connectivity index (χ1) is 12.1. The molecule has 1 N–H and O–H groups in total. The number of hydrogen-bond acceptors (Lipinski definition) is 3. The van der Waals surface area contributed by atoms with Gasteiger partial charge in [-0.15, -0.1) is 0 Å². The van der Waals surface area contributed by atoms with Crippen LogP contribution >= 0.6 is 0 Å². The Kier molecular flexibility index (Phi) is 5.51. The average Bonchev–Trinajstić information content (AvgIpc) is 2.86. The SMILES string of the molecule is CCCc1ccc(NC(=O)CCN2C(=O)[C@@H]3CCCC[C@H]3C2=O)cc1. The van der Waals surface area contributed by atoms with Gasteiger partial charge in [0.25, 0.3) is 0 Å². The van der Waals surface area contributed by atoms with Gasteiger partial charge in [-0.25, -0.2) is 0 Å². The molecule has 2 atom stereocenters. The number of hydrogen-bond donors (Lipinski definition) is 1. The second-order valence-corrected chi connectivity index (χ2v) is 7.07. The lowest BCUT2D eigenvalue weighted by atomic mass is 9.81. The molecular formula is C20H26N2O3. The highest BCUT2D eigenvalue weighted by Gasteiger charge is 2.47. The zero-order chi connectivity index (χ0) is 17.8. The van der Waals surface area contributed by atoms with Crippen molar-refractivity contribution in [2.24, 2.45) is 11.8 Å². The number of aryl methyl sites for hydroxylation is 1. The number of fused-ring (bicyclic) bond motifs is 1. The Morgan fingerprint density at radius 1 is 1.08 bits per heavy atom. The number of amides is 3. The summed E-state index contributed by atoms with van der Waals surface area (Å²) in [7, 11) is 0. The van der Waals surface area contributed by atoms with Crippen molar-refractivity contribution in [1.29, 1.82) is 0 Å². The maximum Gasteiger partial charge on any atom is 0.233 e. The van der Waals surface area contributed by atoms with Crippen molar-refractivity contribution in [1.82, 2.24) is 4.90 Å². The van der Waals surface area contributed by atoms with Crippen LogP contribution in [0.2, 0.25) is 0 Å². The van der Waals surface area contributed by atoms with E-state index in [1.165, 1.54) is 10.5 Å². The summed E-state index contributed by atoms with van der Waals surface area (Å²) in [5.74, 6) is -0.609. The van der Waals surface area contributed by atoms with Gasteiger partial charge in [-0.1, -0.05) is 38.3 Å². The number of carbonyl (C=O) groups excluding carboxylic acids is 3. The van der Waals surface area contributed by atoms with E-state index >= 15 is 0 Å². The number of nitrogens with one attached hydrogen (secondary N) is 1. The molecule has 1 aliphatic carbocycles. The van der Waals surface area contributed by atoms with E-state index in [9.17, 15) is 14.4 Å². The topological polar surface area (TPSA) is 66.5 Å². The smallest absolute Gasteiger partial charge is 0.233 e. The van der Waals surface area contributed by atoms with Crippen molar-refractivity contribution in [3.05, 3.63) is 29.8 Å². The molecule has 1 aromatic rings. The van der Waals surface area contributed by atoms with Gasteiger partial charge in [0.1, 0.15) is 0 Å². The fourth-order valence-corrected chi connectivity index (χ4v) is 3.93. The van der Waals surface area contributed by atoms with Crippen molar-refractivity contribution in [3.63, 3.8) is 0 Å². The molecule has 3 rings (SSSR count). The van der Waals surface area contributed by atoms with Crippen molar-refractivity contribution in [3.8, 4) is 0 Å². The zero-order valence-corrected chi connectivity index (χ0v) is 14.8. The first-order valence-corrected chi connectivity index (χ1v) is 9.34. The Balaban J connectivity index is 1.52. The number of benzene rings is 1. The third kappa shape index (κ3) is 3.91. The zero-order valence-electron chi connectivity index (χ0n) is 14.8. The molecule has 3 amide bonds. The summed E-state index contributed by atoms with van der Waals surface area (Å²) in [6, 6.07) is 7.81. The molecule has 1 aromatic carbocycles. The van der Waals surface area contributed by atoms with Crippen LogP contribution in [0.4, 0.5) is 5.69 Å². The van der Waals surface area contributed by atoms with Crippen LogP contribution in [0.15, 0.2) is 24.3 Å². The van der Waals surface area contributed by atoms with E-state index in [1.54, 1.807) is 0 Å². The van der Waals surface area contributed by atoms with Gasteiger partial charge in [-0.3, -0.25) is 19.3 Å². The highest BCUT2D eigenvalue weighted by molar-refractivity contribution is 6.05. The Morgan fingerprint density at radius 2 is 1.68 bits per heavy atom. The molecule has 0 radical (unpaired) electrons. The van der Waals surface area contributed by atoms with E-state index in [4.69, 9.17) is 0 Å². The first kappa shape index (κ1) is 17.6. The summed E-state index contributed by atoms with van der Waals surface area (Å²) < 4.78 is 0. The number of imide groups is 1. The van der Waals surface area contributed by atoms with Crippen LogP contribution in [0.3, 0.4) is 0 Å². The number of anilines is 1. The van der Waals surface area contributed by atoms with E-state index in [0.29, 0.717) is 0 Å². The van der Waals surface area contributed by atoms with Crippen molar-refractivity contribution >= 4 is 23.4 Å². The normalized spacial score (nSPS) is 22.8. The fraction of sp³-hybridized carbons (Fsp3) is 0.550. The van der Waals surface area contributed by atoms with Crippen LogP contribution in [-0.2, 0) is 20.8 Å². The second kappa shape index (κ2) is 7.81. The van der Waals surface area contributed by atoms with Gasteiger partial charge in [0.05, 0.1) is 11.8 Å². The van der Waals surface area contributed by atoms with Crippen LogP contribution in [0.5, 0.6) is 0 Å². The number of carbonyl (C=O) groups is 3. The van der Waals surface area contributed by atoms with E-state index < -0.39 is 0 Å². The average molecular weight is 342 g/mol. The van der Waals surface area contributed by atoms with Gasteiger partial charge >= 0.3 is 0 Å². The lowest BCUT2D eigenvalue weighted by Crippen LogP contribution is -2.34. The second-order valence-electron chi connectivity index (χ2n) is 7.07. The van der Waals surface area contributed by atoms with Crippen LogP contribution in [0.1, 0.15) is 51.0 Å². The molecule has 0 bridgehead atoms. The molecule has 5 nitrogen and oxygen atoms in total. The molecule has 1 saturated carbocycles. The summed E-state index contributed by atoms with van der Waals surface area (Å²) >= 11 is 0. The predicted molar refractivity (Wildman–Crippen MR) is 95.9 cm³/mol. The molecule has 0 unspecified atom stereocenters. The summed E-state index contributed by atoms with van der Waals surface area (Å²) in [5, 5.41) is 2.84. The number of nitrogens with zero attached hydrogens (tertiary/aromatic N) is 1. The lowest BCUT2D eigenvalue weighted by molar-refractivity contribution is -0.140. The van der Waals surface area contributed by atoms with E-state index in [2.05, 4.69) is 12.2 Å². The molecule has 1 heterocycles. The molecule has 1 saturated heterocycles. The Bertz CT molecular complexity index is 629. The first-order valence-electron chi connectivity index (χ1n) is 9.34. The fourth-order valence-electron chi connectivity index (χ4n) is 3.93. The minimum atomic E-state index is -0.168. The monoisotopic (exact) mass is 342 g/mol. The number of rotatable bonds is 6. The van der Waals surface area contributed by atoms with Gasteiger partial charge in [0.15, 0.2) is 0 Å². The molecule has 134 valence electrons. The van der Waals surface area contributed by atoms with Crippen LogP contribution in [-0.4, -0.2) is 29.2 Å². The highest BCUT2D eigenvalue weighted by Crippen LogP contribution is 2.37. The molecule has 2 fully saturated rings. The van der Waals surface area contributed by atoms with Crippen LogP contribution < -0.4 is 5.32 Å². The molecule has 25 heavy (non-hydrogen) atoms. The maximum absolute atomic E-state index is 12.4. The molecular weight excluding hydrogens is 316 g/mol. The van der Waals surface area contributed by atoms with E-state index in [0.717, 1.165) is 44.2 Å². The van der Waals surface area contributed by atoms with Gasteiger partial charge < -0.3 is 5.32 Å². The minimum Gasteiger partial charge on any atom is -0.326 e. The standard InChI is InChI=1S/C20H26N2O3/c1-2-5-14-8-10-15(11-9-14)21-18(23)12-13-22-19(24)16-6-3-4-7-17(16)20(22)25/h8-11,16-17H,2-7,12-13H2,1H3,(H,21,23)/t16-,17-/m1/s1. The predicted octanol–water partition coefficient (Wildman–Crippen LogP) is 3.14. The maximum atomic E-state index is 12.4. The van der Waals surface area contributed by atoms with Gasteiger partial charge in [-0.05, 0) is 37.0 Å². The Hall–Kier alpha value is -2.17. The third-order valence-corrected chi connectivity index (χ3v) is 5.27. The van der Waals surface area contributed by atoms with Crippen molar-refractivity contribution < 1.29 is 14.4 Å². The molecule has 2 aliphatic rings. The van der Waals surface area contributed by atoms with Crippen molar-refractivity contribution in [2.45, 2.75) is 51.9 Å². The number of likely N-dealkylation sites (tertiary alicyclic amines) is 1. The van der Waals surface area contributed by atoms with E-state index in [-0.39, 0.29) is 42.5 Å². The third-order valence-electron chi connectivity index (χ3n) is 5.27. The summed E-state index contributed by atoms with van der Waals surface area (Å²) in [6.07, 6.45) is 5.91. The molecule has 0 aromatic heterocycles. The van der Waals surface area contributed by atoms with Crippen molar-refractivity contribution in [2.75, 3.05) is 11.9 Å². The van der Waals surface area contributed by atoms with Crippen LogP contribution in [0.25, 0.3) is 0 Å². The van der Waals surface area contributed by atoms with E-state index in [1.807, 2.05) is 24.3 Å². The van der Waals surface area contributed by atoms with Gasteiger partial charge in [-0.2, -0.15) is 0 Å². The van der Waals surface area contributed by atoms with Gasteiger partial charge in [0, 0.05) is 18.7 Å². The molecule has 0 spiro atoms. The molecule has 1 aliphatic heterocycles. The van der Waals surface area contributed by atoms with Crippen LogP contribution in [0, 0.1) is 11.8 Å². The quantitative estimate of drug-likeness (QED) is 0.808. The largest absolute Gasteiger partial charge is 0.326 e. The summed E-state index contributed by atoms with van der Waals surface area (Å²) in [6.45, 7) is 2.32. The highest BCUT2D eigenvalue weighted by atomic mass is 16.2. The summed E-state index contributed by atoms with van der Waals surface area (Å²) in [5.41, 5.74) is 1.99. The lowest BCUT2D eigenvalue weighted by Gasteiger charge is -2.19. The summed E-state index contributed by atoms with van der Waals surface area (Å²) in [4.78, 5) is 38.2. The molecule has 5 heteroatoms. The minimum absolute atomic E-state index is 0.0774. The Labute approximate surface area is 148 Å². The Morgan fingerprint density at radius 3 is 2.24 bits per heavy atom. The van der Waals surface area contributed by atoms with Gasteiger partial charge in [0.2, 0.25) is 17.7 Å².